The summed E-state index contributed by atoms with van der Waals surface area (Å²) < 4.78 is 0. The highest BCUT2D eigenvalue weighted by molar-refractivity contribution is 6.30. The van der Waals surface area contributed by atoms with E-state index in [1.54, 1.807) is 42.6 Å². The second-order valence-corrected chi connectivity index (χ2v) is 3.65. The number of carbonyl (C=O) groups is 1. The minimum absolute atomic E-state index is 0.220. The maximum Gasteiger partial charge on any atom is 0.336 e. The molecule has 0 unspecified atom stereocenters. The molecule has 0 bridgehead atoms. The number of pyridine rings is 1. The molecule has 0 aliphatic rings. The summed E-state index contributed by atoms with van der Waals surface area (Å²) in [4.78, 5) is 15.1. The Balaban J connectivity index is 2.60. The molecule has 0 fully saturated rings. The topological polar surface area (TPSA) is 50.2 Å². The van der Waals surface area contributed by atoms with Crippen LogP contribution in [0.2, 0.25) is 5.02 Å². The summed E-state index contributed by atoms with van der Waals surface area (Å²) in [6, 6.07) is 9.99. The van der Waals surface area contributed by atoms with E-state index < -0.39 is 5.97 Å². The van der Waals surface area contributed by atoms with Crippen molar-refractivity contribution in [2.24, 2.45) is 0 Å². The van der Waals surface area contributed by atoms with Gasteiger partial charge in [0, 0.05) is 16.8 Å². The molecular formula is C12H8ClNO2. The quantitative estimate of drug-likeness (QED) is 0.867. The number of hydrogen-bond donors (Lipinski definition) is 1. The molecule has 0 saturated heterocycles. The van der Waals surface area contributed by atoms with Gasteiger partial charge in [-0.05, 0) is 18.2 Å². The fourth-order valence-electron chi connectivity index (χ4n) is 1.45. The van der Waals surface area contributed by atoms with Crippen LogP contribution in [-0.2, 0) is 0 Å². The largest absolute Gasteiger partial charge is 0.478 e. The second kappa shape index (κ2) is 4.33. The number of rotatable bonds is 2. The first kappa shape index (κ1) is 10.6. The molecule has 16 heavy (non-hydrogen) atoms. The van der Waals surface area contributed by atoms with Crippen LogP contribution in [0.15, 0.2) is 42.6 Å². The van der Waals surface area contributed by atoms with Gasteiger partial charge in [0.15, 0.2) is 0 Å². The van der Waals surface area contributed by atoms with Gasteiger partial charge in [-0.25, -0.2) is 4.79 Å². The van der Waals surface area contributed by atoms with Gasteiger partial charge in [0.2, 0.25) is 0 Å². The Hall–Kier alpha value is -1.87. The molecule has 0 spiro atoms. The molecule has 1 aromatic heterocycles. The van der Waals surface area contributed by atoms with Crippen LogP contribution < -0.4 is 0 Å². The number of carboxylic acids is 1. The monoisotopic (exact) mass is 233 g/mol. The van der Waals surface area contributed by atoms with Crippen LogP contribution in [0, 0.1) is 0 Å². The molecule has 3 nitrogen and oxygen atoms in total. The van der Waals surface area contributed by atoms with Crippen LogP contribution in [-0.4, -0.2) is 16.1 Å². The summed E-state index contributed by atoms with van der Waals surface area (Å²) in [5.41, 5.74) is 1.35. The summed E-state index contributed by atoms with van der Waals surface area (Å²) in [5, 5.41) is 9.57. The minimum Gasteiger partial charge on any atom is -0.478 e. The van der Waals surface area contributed by atoms with Crippen LogP contribution in [0.1, 0.15) is 10.4 Å². The molecule has 0 atom stereocenters. The summed E-state index contributed by atoms with van der Waals surface area (Å²) in [6.45, 7) is 0. The Kier molecular flexibility index (Phi) is 2.88. The van der Waals surface area contributed by atoms with E-state index in [2.05, 4.69) is 4.98 Å². The molecule has 80 valence electrons. The summed E-state index contributed by atoms with van der Waals surface area (Å²) >= 11 is 5.84. The molecule has 4 heteroatoms. The van der Waals surface area contributed by atoms with E-state index in [1.165, 1.54) is 0 Å². The molecule has 1 aromatic carbocycles. The average molecular weight is 234 g/mol. The maximum absolute atomic E-state index is 11.0. The zero-order valence-corrected chi connectivity index (χ0v) is 8.98. The molecule has 0 aliphatic heterocycles. The molecule has 1 N–H and O–H groups in total. The Labute approximate surface area is 97.3 Å². The number of carboxylic acid groups (broad SMARTS) is 1. The third kappa shape index (κ3) is 2.04. The highest BCUT2D eigenvalue weighted by atomic mass is 35.5. The molecule has 1 heterocycles. The highest BCUT2D eigenvalue weighted by Crippen LogP contribution is 2.23. The Morgan fingerprint density at radius 2 is 2.00 bits per heavy atom. The lowest BCUT2D eigenvalue weighted by Crippen LogP contribution is -1.99. The number of nitrogens with zero attached hydrogens (tertiary/aromatic N) is 1. The van der Waals surface area contributed by atoms with Gasteiger partial charge < -0.3 is 5.11 Å². The van der Waals surface area contributed by atoms with Crippen molar-refractivity contribution in [1.29, 1.82) is 0 Å². The van der Waals surface area contributed by atoms with E-state index in [0.717, 1.165) is 0 Å². The first-order valence-electron chi connectivity index (χ1n) is 4.63. The van der Waals surface area contributed by atoms with Crippen LogP contribution in [0.25, 0.3) is 11.3 Å². The molecule has 0 radical (unpaired) electrons. The fraction of sp³-hybridized carbons (Fsp3) is 0. The van der Waals surface area contributed by atoms with Gasteiger partial charge in [-0.2, -0.15) is 0 Å². The molecule has 0 aliphatic carbocycles. The van der Waals surface area contributed by atoms with Crippen molar-refractivity contribution in [1.82, 2.24) is 4.98 Å². The number of halogens is 1. The third-order valence-corrected chi connectivity index (χ3v) is 2.39. The van der Waals surface area contributed by atoms with Crippen LogP contribution in [0.3, 0.4) is 0 Å². The standard InChI is InChI=1S/C12H8ClNO2/c13-8-5-6-14-11(7-8)9-3-1-2-4-10(9)12(15)16/h1-7H,(H,15,16). The van der Waals surface area contributed by atoms with Gasteiger partial charge in [0.1, 0.15) is 0 Å². The normalized spacial score (nSPS) is 10.1. The van der Waals surface area contributed by atoms with Crippen molar-refractivity contribution in [2.75, 3.05) is 0 Å². The lowest BCUT2D eigenvalue weighted by atomic mass is 10.0. The SMILES string of the molecule is O=C(O)c1ccccc1-c1cc(Cl)ccn1. The number of aromatic nitrogens is 1. The minimum atomic E-state index is -0.975. The lowest BCUT2D eigenvalue weighted by Gasteiger charge is -2.04. The van der Waals surface area contributed by atoms with E-state index >= 15 is 0 Å². The van der Waals surface area contributed by atoms with Crippen molar-refractivity contribution < 1.29 is 9.90 Å². The van der Waals surface area contributed by atoms with Gasteiger partial charge in [-0.3, -0.25) is 4.98 Å². The van der Waals surface area contributed by atoms with Crippen molar-refractivity contribution in [3.05, 3.63) is 53.2 Å². The van der Waals surface area contributed by atoms with Crippen molar-refractivity contribution >= 4 is 17.6 Å². The van der Waals surface area contributed by atoms with E-state index in [-0.39, 0.29) is 5.56 Å². The van der Waals surface area contributed by atoms with E-state index in [9.17, 15) is 4.79 Å². The zero-order chi connectivity index (χ0) is 11.5. The van der Waals surface area contributed by atoms with Gasteiger partial charge in [-0.15, -0.1) is 0 Å². The number of aromatic carboxylic acids is 1. The maximum atomic E-state index is 11.0. The van der Waals surface area contributed by atoms with Gasteiger partial charge in [0.25, 0.3) is 0 Å². The fourth-order valence-corrected chi connectivity index (χ4v) is 1.60. The first-order valence-corrected chi connectivity index (χ1v) is 5.00. The Morgan fingerprint density at radius 3 is 2.69 bits per heavy atom. The third-order valence-electron chi connectivity index (χ3n) is 2.16. The molecule has 0 amide bonds. The van der Waals surface area contributed by atoms with Crippen LogP contribution in [0.4, 0.5) is 0 Å². The molecule has 2 aromatic rings. The predicted molar refractivity (Wildman–Crippen MR) is 61.6 cm³/mol. The smallest absolute Gasteiger partial charge is 0.336 e. The van der Waals surface area contributed by atoms with Gasteiger partial charge in [-0.1, -0.05) is 29.8 Å². The van der Waals surface area contributed by atoms with Gasteiger partial charge >= 0.3 is 5.97 Å². The van der Waals surface area contributed by atoms with Gasteiger partial charge in [0.05, 0.1) is 11.3 Å². The Morgan fingerprint density at radius 1 is 1.25 bits per heavy atom. The lowest BCUT2D eigenvalue weighted by molar-refractivity contribution is 0.0697. The summed E-state index contributed by atoms with van der Waals surface area (Å²) in [7, 11) is 0. The van der Waals surface area contributed by atoms with Crippen molar-refractivity contribution in [3.8, 4) is 11.3 Å². The van der Waals surface area contributed by atoms with Crippen molar-refractivity contribution in [2.45, 2.75) is 0 Å². The molecule has 0 saturated carbocycles. The highest BCUT2D eigenvalue weighted by Gasteiger charge is 2.11. The summed E-state index contributed by atoms with van der Waals surface area (Å²) in [5.74, 6) is -0.975. The Bertz CT molecular complexity index is 540. The molecule has 2 rings (SSSR count). The first-order chi connectivity index (χ1) is 7.68. The predicted octanol–water partition coefficient (Wildman–Crippen LogP) is 3.10. The summed E-state index contributed by atoms with van der Waals surface area (Å²) in [6.07, 6.45) is 1.55. The van der Waals surface area contributed by atoms with E-state index in [0.29, 0.717) is 16.3 Å². The van der Waals surface area contributed by atoms with E-state index in [4.69, 9.17) is 16.7 Å². The van der Waals surface area contributed by atoms with E-state index in [1.807, 2.05) is 0 Å². The van der Waals surface area contributed by atoms with Crippen LogP contribution >= 0.6 is 11.6 Å². The van der Waals surface area contributed by atoms with Crippen LogP contribution in [0.5, 0.6) is 0 Å². The second-order valence-electron chi connectivity index (χ2n) is 3.21. The number of hydrogen-bond acceptors (Lipinski definition) is 2. The average Bonchev–Trinajstić information content (AvgIpc) is 2.29. The molecular weight excluding hydrogens is 226 g/mol. The van der Waals surface area contributed by atoms with Crippen molar-refractivity contribution in [3.63, 3.8) is 0 Å². The zero-order valence-electron chi connectivity index (χ0n) is 8.22. The number of benzene rings is 1.